The molecule has 0 aliphatic carbocycles. The van der Waals surface area contributed by atoms with Crippen LogP contribution in [0.2, 0.25) is 0 Å². The highest BCUT2D eigenvalue weighted by Crippen LogP contribution is 2.37. The van der Waals surface area contributed by atoms with E-state index in [1.807, 2.05) is 17.0 Å². The van der Waals surface area contributed by atoms with Crippen LogP contribution in [0.4, 0.5) is 5.69 Å². The van der Waals surface area contributed by atoms with Crippen LogP contribution in [-0.4, -0.2) is 48.7 Å². The van der Waals surface area contributed by atoms with Crippen LogP contribution in [0.1, 0.15) is 35.2 Å². The number of carboxylic acids is 1. The van der Waals surface area contributed by atoms with Gasteiger partial charge in [-0.2, -0.15) is 0 Å². The van der Waals surface area contributed by atoms with Crippen LogP contribution in [0.3, 0.4) is 0 Å². The number of carbonyl (C=O) groups excluding carboxylic acids is 1. The van der Waals surface area contributed by atoms with E-state index in [1.165, 1.54) is 6.42 Å². The largest absolute Gasteiger partial charge is 0.493 e. The number of amides is 1. The Morgan fingerprint density at radius 2 is 1.83 bits per heavy atom. The molecule has 0 atom stereocenters. The maximum Gasteiger partial charge on any atom is 0.335 e. The molecule has 0 aromatic heterocycles. The molecule has 30 heavy (non-hydrogen) atoms. The average Bonchev–Trinajstić information content (AvgIpc) is 2.77. The maximum absolute atomic E-state index is 12.4. The second-order valence-corrected chi connectivity index (χ2v) is 7.93. The molecule has 2 N–H and O–H groups in total. The Balaban J connectivity index is 1.62. The first-order valence-corrected chi connectivity index (χ1v) is 10.6. The molecule has 1 saturated heterocycles. The number of halogens is 1. The third-order valence-corrected chi connectivity index (χ3v) is 5.56. The van der Waals surface area contributed by atoms with Gasteiger partial charge >= 0.3 is 5.97 Å². The lowest BCUT2D eigenvalue weighted by Gasteiger charge is -2.26. The van der Waals surface area contributed by atoms with E-state index in [-0.39, 0.29) is 18.1 Å². The van der Waals surface area contributed by atoms with E-state index < -0.39 is 5.97 Å². The lowest BCUT2D eigenvalue weighted by Crippen LogP contribution is -2.38. The molecule has 8 heteroatoms. The Hall–Kier alpha value is -2.74. The summed E-state index contributed by atoms with van der Waals surface area (Å²) < 4.78 is 12.0. The molecule has 1 amide bonds. The number of methoxy groups -OCH3 is 1. The van der Waals surface area contributed by atoms with Crippen LogP contribution < -0.4 is 14.8 Å². The minimum Gasteiger partial charge on any atom is -0.493 e. The van der Waals surface area contributed by atoms with Crippen molar-refractivity contribution in [2.24, 2.45) is 0 Å². The second kappa shape index (κ2) is 10.3. The van der Waals surface area contributed by atoms with Gasteiger partial charge in [0.2, 0.25) is 0 Å². The number of ether oxygens (including phenoxy) is 2. The topological polar surface area (TPSA) is 88.1 Å². The molecule has 1 aliphatic heterocycles. The van der Waals surface area contributed by atoms with Gasteiger partial charge in [0.15, 0.2) is 18.1 Å². The van der Waals surface area contributed by atoms with Crippen LogP contribution in [0, 0.1) is 0 Å². The van der Waals surface area contributed by atoms with Crippen molar-refractivity contribution < 1.29 is 24.2 Å². The fourth-order valence-electron chi connectivity index (χ4n) is 3.32. The maximum atomic E-state index is 12.4. The highest BCUT2D eigenvalue weighted by atomic mass is 79.9. The first-order chi connectivity index (χ1) is 14.5. The Bertz CT molecular complexity index is 895. The van der Waals surface area contributed by atoms with Crippen molar-refractivity contribution in [3.63, 3.8) is 0 Å². The fourth-order valence-corrected chi connectivity index (χ4v) is 3.92. The van der Waals surface area contributed by atoms with E-state index in [0.29, 0.717) is 22.5 Å². The van der Waals surface area contributed by atoms with Crippen molar-refractivity contribution >= 4 is 33.5 Å². The van der Waals surface area contributed by atoms with E-state index in [9.17, 15) is 9.59 Å². The number of benzene rings is 2. The summed E-state index contributed by atoms with van der Waals surface area (Å²) >= 11 is 3.51. The molecule has 0 spiro atoms. The number of piperidine rings is 1. The van der Waals surface area contributed by atoms with Crippen LogP contribution in [-0.2, 0) is 11.3 Å². The molecule has 0 unspecified atom stereocenters. The standard InChI is InChI=1S/C22H25BrN2O5/c1-29-19-12-15(13-24-17-7-5-16(6-8-17)22(27)28)11-18(23)21(19)30-14-20(26)25-9-3-2-4-10-25/h5-8,11-12,24H,2-4,9-10,13-14H2,1H3,(H,27,28). The number of hydrogen-bond acceptors (Lipinski definition) is 5. The summed E-state index contributed by atoms with van der Waals surface area (Å²) in [5, 5.41) is 12.2. The number of aromatic carboxylic acids is 1. The zero-order valence-electron chi connectivity index (χ0n) is 16.8. The molecule has 0 bridgehead atoms. The number of nitrogens with one attached hydrogen (secondary N) is 1. The van der Waals surface area contributed by atoms with Crippen LogP contribution in [0.5, 0.6) is 11.5 Å². The fraction of sp³-hybridized carbons (Fsp3) is 0.364. The molecule has 1 fully saturated rings. The summed E-state index contributed by atoms with van der Waals surface area (Å²) in [5.41, 5.74) is 1.99. The summed E-state index contributed by atoms with van der Waals surface area (Å²) in [4.78, 5) is 25.2. The summed E-state index contributed by atoms with van der Waals surface area (Å²) in [7, 11) is 1.56. The zero-order valence-corrected chi connectivity index (χ0v) is 18.4. The third kappa shape index (κ3) is 5.66. The van der Waals surface area contributed by atoms with Gasteiger partial charge in [-0.15, -0.1) is 0 Å². The van der Waals surface area contributed by atoms with E-state index in [0.717, 1.165) is 37.2 Å². The number of carbonyl (C=O) groups is 2. The van der Waals surface area contributed by atoms with Crippen molar-refractivity contribution in [1.29, 1.82) is 0 Å². The summed E-state index contributed by atoms with van der Waals surface area (Å²) in [6.45, 7) is 2.06. The minimum absolute atomic E-state index is 0.0146. The first-order valence-electron chi connectivity index (χ1n) is 9.82. The molecule has 1 heterocycles. The summed E-state index contributed by atoms with van der Waals surface area (Å²) in [5.74, 6) is 0.0649. The van der Waals surface area contributed by atoms with Crippen molar-refractivity contribution in [3.05, 3.63) is 52.0 Å². The average molecular weight is 477 g/mol. The lowest BCUT2D eigenvalue weighted by molar-refractivity contribution is -0.134. The van der Waals surface area contributed by atoms with Crippen molar-refractivity contribution in [3.8, 4) is 11.5 Å². The molecule has 160 valence electrons. The smallest absolute Gasteiger partial charge is 0.335 e. The van der Waals surface area contributed by atoms with Crippen LogP contribution in [0.15, 0.2) is 40.9 Å². The van der Waals surface area contributed by atoms with Gasteiger partial charge in [-0.05, 0) is 77.2 Å². The van der Waals surface area contributed by atoms with Gasteiger partial charge in [0, 0.05) is 25.3 Å². The van der Waals surface area contributed by atoms with E-state index >= 15 is 0 Å². The van der Waals surface area contributed by atoms with Gasteiger partial charge in [-0.3, -0.25) is 4.79 Å². The molecule has 2 aromatic rings. The third-order valence-electron chi connectivity index (χ3n) is 4.97. The number of anilines is 1. The number of hydrogen-bond donors (Lipinski definition) is 2. The molecule has 2 aromatic carbocycles. The molecule has 0 saturated carbocycles. The summed E-state index contributed by atoms with van der Waals surface area (Å²) in [6.07, 6.45) is 3.25. The van der Waals surface area contributed by atoms with Crippen LogP contribution in [0.25, 0.3) is 0 Å². The van der Waals surface area contributed by atoms with E-state index in [2.05, 4.69) is 21.2 Å². The summed E-state index contributed by atoms with van der Waals surface area (Å²) in [6, 6.07) is 10.3. The van der Waals surface area contributed by atoms with Crippen LogP contribution >= 0.6 is 15.9 Å². The molecule has 3 rings (SSSR count). The number of rotatable bonds is 8. The highest BCUT2D eigenvalue weighted by Gasteiger charge is 2.19. The Morgan fingerprint density at radius 3 is 2.47 bits per heavy atom. The van der Waals surface area contributed by atoms with Gasteiger partial charge in [-0.25, -0.2) is 4.79 Å². The first kappa shape index (κ1) is 22.0. The van der Waals surface area contributed by atoms with Crippen molar-refractivity contribution in [2.45, 2.75) is 25.8 Å². The van der Waals surface area contributed by atoms with Crippen molar-refractivity contribution in [1.82, 2.24) is 4.90 Å². The second-order valence-electron chi connectivity index (χ2n) is 7.08. The predicted octanol–water partition coefficient (Wildman–Crippen LogP) is 4.16. The Kier molecular flexibility index (Phi) is 7.57. The monoisotopic (exact) mass is 476 g/mol. The number of likely N-dealkylation sites (tertiary alicyclic amines) is 1. The SMILES string of the molecule is COc1cc(CNc2ccc(C(=O)O)cc2)cc(Br)c1OCC(=O)N1CCCCC1. The van der Waals surface area contributed by atoms with E-state index in [4.69, 9.17) is 14.6 Å². The molecule has 0 radical (unpaired) electrons. The van der Waals surface area contributed by atoms with E-state index in [1.54, 1.807) is 31.4 Å². The lowest BCUT2D eigenvalue weighted by atomic mass is 10.1. The predicted molar refractivity (Wildman–Crippen MR) is 117 cm³/mol. The van der Waals surface area contributed by atoms with Gasteiger partial charge in [-0.1, -0.05) is 0 Å². The van der Waals surface area contributed by atoms with Gasteiger partial charge in [0.05, 0.1) is 17.1 Å². The molecule has 7 nitrogen and oxygen atoms in total. The normalized spacial score (nSPS) is 13.6. The Labute approximate surface area is 184 Å². The van der Waals surface area contributed by atoms with Crippen molar-refractivity contribution in [2.75, 3.05) is 32.1 Å². The highest BCUT2D eigenvalue weighted by molar-refractivity contribution is 9.10. The molecular formula is C22H25BrN2O5. The minimum atomic E-state index is -0.954. The zero-order chi connectivity index (χ0) is 21.5. The molecule has 1 aliphatic rings. The quantitative estimate of drug-likeness (QED) is 0.594. The van der Waals surface area contributed by atoms with Gasteiger partial charge in [0.1, 0.15) is 0 Å². The number of carboxylic acid groups (broad SMARTS) is 1. The van der Waals surface area contributed by atoms with Gasteiger partial charge in [0.25, 0.3) is 5.91 Å². The molecular weight excluding hydrogens is 452 g/mol. The number of nitrogens with zero attached hydrogens (tertiary/aromatic N) is 1. The van der Waals surface area contributed by atoms with Gasteiger partial charge < -0.3 is 24.8 Å². The Morgan fingerprint density at radius 1 is 1.13 bits per heavy atom.